The summed E-state index contributed by atoms with van der Waals surface area (Å²) >= 11 is 0. The maximum atomic E-state index is 13.4. The van der Waals surface area contributed by atoms with Crippen LogP contribution in [0.15, 0.2) is 30.6 Å². The van der Waals surface area contributed by atoms with Gasteiger partial charge in [0.2, 0.25) is 0 Å². The summed E-state index contributed by atoms with van der Waals surface area (Å²) in [7, 11) is 0. The van der Waals surface area contributed by atoms with E-state index < -0.39 is 0 Å². The summed E-state index contributed by atoms with van der Waals surface area (Å²) < 4.78 is 15.0. The summed E-state index contributed by atoms with van der Waals surface area (Å²) in [6.45, 7) is 2.66. The summed E-state index contributed by atoms with van der Waals surface area (Å²) in [6.07, 6.45) is 5.36. The van der Waals surface area contributed by atoms with Crippen molar-refractivity contribution in [1.82, 2.24) is 9.78 Å². The molecule has 0 aliphatic heterocycles. The number of aryl methyl sites for hydroxylation is 1. The maximum absolute atomic E-state index is 13.4. The average molecular weight is 288 g/mol. The van der Waals surface area contributed by atoms with Gasteiger partial charge >= 0.3 is 0 Å². The van der Waals surface area contributed by atoms with Crippen LogP contribution in [0.3, 0.4) is 0 Å². The Kier molecular flexibility index (Phi) is 3.60. The number of aromatic nitrogens is 2. The Labute approximate surface area is 122 Å². The fourth-order valence-corrected chi connectivity index (χ4v) is 2.04. The van der Waals surface area contributed by atoms with Crippen LogP contribution in [0, 0.1) is 5.82 Å². The topological polar surface area (TPSA) is 59.0 Å². The molecule has 1 aromatic carbocycles. The zero-order valence-corrected chi connectivity index (χ0v) is 11.8. The molecule has 3 rings (SSSR count). The molecule has 0 unspecified atom stereocenters. The number of benzene rings is 1. The van der Waals surface area contributed by atoms with Crippen molar-refractivity contribution in [2.75, 3.05) is 10.6 Å². The Morgan fingerprint density at radius 2 is 2.24 bits per heavy atom. The highest BCUT2D eigenvalue weighted by Gasteiger charge is 2.22. The van der Waals surface area contributed by atoms with Gasteiger partial charge in [0.1, 0.15) is 5.82 Å². The van der Waals surface area contributed by atoms with E-state index in [0.717, 1.165) is 12.8 Å². The minimum Gasteiger partial charge on any atom is -0.381 e. The van der Waals surface area contributed by atoms with Crippen LogP contribution in [0.2, 0.25) is 0 Å². The van der Waals surface area contributed by atoms with Crippen molar-refractivity contribution in [1.29, 1.82) is 0 Å². The first-order valence-electron chi connectivity index (χ1n) is 7.05. The summed E-state index contributed by atoms with van der Waals surface area (Å²) in [6, 6.07) is 4.69. The zero-order valence-electron chi connectivity index (χ0n) is 11.8. The SMILES string of the molecule is CCn1cc(C(=O)Nc2ccc(F)cc2NC2CC2)cn1. The second-order valence-corrected chi connectivity index (χ2v) is 5.15. The Morgan fingerprint density at radius 1 is 1.43 bits per heavy atom. The molecule has 1 fully saturated rings. The molecular formula is C15H17FN4O. The molecule has 5 nitrogen and oxygen atoms in total. The van der Waals surface area contributed by atoms with Crippen molar-refractivity contribution in [3.63, 3.8) is 0 Å². The fourth-order valence-electron chi connectivity index (χ4n) is 2.04. The van der Waals surface area contributed by atoms with Crippen molar-refractivity contribution in [3.8, 4) is 0 Å². The van der Waals surface area contributed by atoms with Gasteiger partial charge in [0.15, 0.2) is 0 Å². The van der Waals surface area contributed by atoms with Crippen molar-refractivity contribution < 1.29 is 9.18 Å². The number of amides is 1. The minimum atomic E-state index is -0.324. The van der Waals surface area contributed by atoms with E-state index in [9.17, 15) is 9.18 Å². The van der Waals surface area contributed by atoms with Gasteiger partial charge < -0.3 is 10.6 Å². The number of carbonyl (C=O) groups is 1. The second-order valence-electron chi connectivity index (χ2n) is 5.15. The van der Waals surface area contributed by atoms with Gasteiger partial charge in [-0.2, -0.15) is 5.10 Å². The van der Waals surface area contributed by atoms with Crippen molar-refractivity contribution in [3.05, 3.63) is 42.0 Å². The highest BCUT2D eigenvalue weighted by molar-refractivity contribution is 6.05. The van der Waals surface area contributed by atoms with E-state index in [4.69, 9.17) is 0 Å². The first-order valence-corrected chi connectivity index (χ1v) is 7.05. The molecule has 1 saturated carbocycles. The molecule has 0 saturated heterocycles. The highest BCUT2D eigenvalue weighted by Crippen LogP contribution is 2.30. The lowest BCUT2D eigenvalue weighted by Gasteiger charge is -2.12. The third kappa shape index (κ3) is 3.21. The molecule has 1 aliphatic rings. The lowest BCUT2D eigenvalue weighted by Crippen LogP contribution is -2.14. The molecule has 1 aromatic heterocycles. The Bertz CT molecular complexity index is 663. The smallest absolute Gasteiger partial charge is 0.258 e. The summed E-state index contributed by atoms with van der Waals surface area (Å²) in [4.78, 5) is 12.2. The number of carbonyl (C=O) groups excluding carboxylic acids is 1. The number of rotatable bonds is 5. The molecule has 2 aromatic rings. The van der Waals surface area contributed by atoms with E-state index in [2.05, 4.69) is 15.7 Å². The molecule has 1 amide bonds. The van der Waals surface area contributed by atoms with E-state index in [1.807, 2.05) is 6.92 Å². The third-order valence-corrected chi connectivity index (χ3v) is 3.39. The maximum Gasteiger partial charge on any atom is 0.258 e. The first kappa shape index (κ1) is 13.6. The quantitative estimate of drug-likeness (QED) is 0.889. The third-order valence-electron chi connectivity index (χ3n) is 3.39. The van der Waals surface area contributed by atoms with Crippen LogP contribution in [-0.2, 0) is 6.54 Å². The van der Waals surface area contributed by atoms with Crippen LogP contribution in [-0.4, -0.2) is 21.7 Å². The van der Waals surface area contributed by atoms with Crippen LogP contribution < -0.4 is 10.6 Å². The van der Waals surface area contributed by atoms with Crippen LogP contribution in [0.5, 0.6) is 0 Å². The van der Waals surface area contributed by atoms with Gasteiger partial charge in [-0.05, 0) is 38.0 Å². The monoisotopic (exact) mass is 288 g/mol. The average Bonchev–Trinajstić information content (AvgIpc) is 3.15. The zero-order chi connectivity index (χ0) is 14.8. The number of anilines is 2. The molecule has 110 valence electrons. The standard InChI is InChI=1S/C15H17FN4O/c1-2-20-9-10(8-17-20)15(21)19-13-6-3-11(16)7-14(13)18-12-4-5-12/h3,6-9,12,18H,2,4-5H2,1H3,(H,19,21). The van der Waals surface area contributed by atoms with Gasteiger partial charge in [-0.25, -0.2) is 4.39 Å². The van der Waals surface area contributed by atoms with E-state index >= 15 is 0 Å². The van der Waals surface area contributed by atoms with Gasteiger partial charge in [0.25, 0.3) is 5.91 Å². The number of halogens is 1. The molecule has 6 heteroatoms. The van der Waals surface area contributed by atoms with E-state index in [1.54, 1.807) is 16.9 Å². The largest absolute Gasteiger partial charge is 0.381 e. The van der Waals surface area contributed by atoms with Crippen LogP contribution >= 0.6 is 0 Å². The van der Waals surface area contributed by atoms with Crippen molar-refractivity contribution in [2.24, 2.45) is 0 Å². The lowest BCUT2D eigenvalue weighted by molar-refractivity contribution is 0.102. The molecule has 0 atom stereocenters. The van der Waals surface area contributed by atoms with Crippen LogP contribution in [0.25, 0.3) is 0 Å². The van der Waals surface area contributed by atoms with Gasteiger partial charge in [-0.3, -0.25) is 9.48 Å². The second kappa shape index (κ2) is 5.55. The van der Waals surface area contributed by atoms with Crippen molar-refractivity contribution >= 4 is 17.3 Å². The van der Waals surface area contributed by atoms with Crippen molar-refractivity contribution in [2.45, 2.75) is 32.4 Å². The van der Waals surface area contributed by atoms with E-state index in [-0.39, 0.29) is 11.7 Å². The lowest BCUT2D eigenvalue weighted by atomic mass is 10.2. The minimum absolute atomic E-state index is 0.250. The Balaban J connectivity index is 1.78. The molecule has 21 heavy (non-hydrogen) atoms. The van der Waals surface area contributed by atoms with Gasteiger partial charge in [-0.15, -0.1) is 0 Å². The summed E-state index contributed by atoms with van der Waals surface area (Å²) in [5, 5.41) is 10.1. The predicted molar refractivity (Wildman–Crippen MR) is 78.9 cm³/mol. The Morgan fingerprint density at radius 3 is 2.90 bits per heavy atom. The summed E-state index contributed by atoms with van der Waals surface area (Å²) in [5.74, 6) is -0.574. The van der Waals surface area contributed by atoms with Crippen LogP contribution in [0.1, 0.15) is 30.1 Å². The van der Waals surface area contributed by atoms with Gasteiger partial charge in [-0.1, -0.05) is 0 Å². The van der Waals surface area contributed by atoms with Gasteiger partial charge in [0, 0.05) is 18.8 Å². The summed E-state index contributed by atoms with van der Waals surface area (Å²) in [5.41, 5.74) is 1.69. The number of nitrogens with one attached hydrogen (secondary N) is 2. The highest BCUT2D eigenvalue weighted by atomic mass is 19.1. The van der Waals surface area contributed by atoms with Gasteiger partial charge in [0.05, 0.1) is 23.1 Å². The molecular weight excluding hydrogens is 271 g/mol. The molecule has 0 bridgehead atoms. The molecule has 2 N–H and O–H groups in total. The Hall–Kier alpha value is -2.37. The number of nitrogens with zero attached hydrogens (tertiary/aromatic N) is 2. The number of hydrogen-bond donors (Lipinski definition) is 2. The predicted octanol–water partition coefficient (Wildman–Crippen LogP) is 2.87. The molecule has 0 spiro atoms. The fraction of sp³-hybridized carbons (Fsp3) is 0.333. The molecule has 1 heterocycles. The normalized spacial score (nSPS) is 14.0. The van der Waals surface area contributed by atoms with Crippen LogP contribution in [0.4, 0.5) is 15.8 Å². The van der Waals surface area contributed by atoms with E-state index in [0.29, 0.717) is 29.5 Å². The molecule has 1 aliphatic carbocycles. The number of hydrogen-bond acceptors (Lipinski definition) is 3. The first-order chi connectivity index (χ1) is 10.2. The molecule has 0 radical (unpaired) electrons. The van der Waals surface area contributed by atoms with E-state index in [1.165, 1.54) is 18.3 Å².